The summed E-state index contributed by atoms with van der Waals surface area (Å²) in [7, 11) is 3.79. The molecule has 0 aliphatic heterocycles. The number of carbonyl (C=O) groups is 1. The van der Waals surface area contributed by atoms with Crippen LogP contribution in [0.5, 0.6) is 11.5 Å². The van der Waals surface area contributed by atoms with Crippen molar-refractivity contribution in [1.82, 2.24) is 0 Å². The molecule has 3 aromatic carbocycles. The normalized spacial score (nSPS) is 12.2. The van der Waals surface area contributed by atoms with E-state index in [0.717, 1.165) is 35.4 Å². The minimum Gasteiger partial charge on any atom is -0.493 e. The number of hydrogen-bond donors (Lipinski definition) is 1. The predicted molar refractivity (Wildman–Crippen MR) is 143 cm³/mol. The van der Waals surface area contributed by atoms with E-state index in [1.165, 1.54) is 6.07 Å². The summed E-state index contributed by atoms with van der Waals surface area (Å²) >= 11 is 0. The molecule has 1 N–H and O–H groups in total. The smallest absolute Gasteiger partial charge is 0.416 e. The number of anilines is 1. The Kier molecular flexibility index (Phi) is 9.66. The van der Waals surface area contributed by atoms with Gasteiger partial charge in [0, 0.05) is 38.2 Å². The number of carboxylic acid groups (broad SMARTS) is 1. The van der Waals surface area contributed by atoms with Gasteiger partial charge in [0.1, 0.15) is 11.5 Å². The monoisotopic (exact) mass is 529 g/mol. The quantitative estimate of drug-likeness (QED) is 0.268. The van der Waals surface area contributed by atoms with Crippen LogP contribution in [0.15, 0.2) is 60.7 Å². The van der Waals surface area contributed by atoms with Crippen LogP contribution in [0.25, 0.3) is 11.1 Å². The molecule has 0 unspecified atom stereocenters. The molecule has 1 atom stereocenters. The molecule has 0 amide bonds. The highest BCUT2D eigenvalue weighted by molar-refractivity contribution is 5.73. The molecule has 0 heterocycles. The summed E-state index contributed by atoms with van der Waals surface area (Å²) in [6.45, 7) is 4.22. The lowest BCUT2D eigenvalue weighted by molar-refractivity contribution is -0.138. The lowest BCUT2D eigenvalue weighted by Crippen LogP contribution is -2.17. The van der Waals surface area contributed by atoms with E-state index in [2.05, 4.69) is 0 Å². The Hall–Kier alpha value is -3.68. The van der Waals surface area contributed by atoms with Crippen LogP contribution < -0.4 is 14.4 Å². The van der Waals surface area contributed by atoms with E-state index in [4.69, 9.17) is 14.6 Å². The molecule has 8 heteroatoms. The van der Waals surface area contributed by atoms with Crippen molar-refractivity contribution in [2.75, 3.05) is 25.6 Å². The average Bonchev–Trinajstić information content (AvgIpc) is 2.87. The first-order valence-electron chi connectivity index (χ1n) is 12.6. The Balaban J connectivity index is 1.69. The Morgan fingerprint density at radius 3 is 2.32 bits per heavy atom. The van der Waals surface area contributed by atoms with Crippen molar-refractivity contribution in [2.24, 2.45) is 0 Å². The minimum absolute atomic E-state index is 0.0772. The third kappa shape index (κ3) is 7.91. The molecule has 38 heavy (non-hydrogen) atoms. The van der Waals surface area contributed by atoms with Crippen molar-refractivity contribution in [3.63, 3.8) is 0 Å². The molecule has 0 radical (unpaired) electrons. The summed E-state index contributed by atoms with van der Waals surface area (Å²) in [5, 5.41) is 8.94. The summed E-state index contributed by atoms with van der Waals surface area (Å²) in [5.74, 6) is 0.228. The Bertz CT molecular complexity index is 1220. The molecule has 0 saturated carbocycles. The molecule has 0 saturated heterocycles. The van der Waals surface area contributed by atoms with Gasteiger partial charge >= 0.3 is 12.1 Å². The number of rotatable bonds is 12. The largest absolute Gasteiger partial charge is 0.493 e. The second kappa shape index (κ2) is 12.7. The SMILES string of the molecule is CCc1cc(OCC[C@@H](C)Oc2ccc(C(F)(F)F)cc2-c2ccc(N(C)C)cc2)ccc1CCC(=O)O. The highest BCUT2D eigenvalue weighted by Crippen LogP contribution is 2.38. The molecule has 0 fully saturated rings. The zero-order valence-electron chi connectivity index (χ0n) is 22.1. The molecule has 0 aliphatic rings. The number of hydrogen-bond acceptors (Lipinski definition) is 4. The molecule has 0 bridgehead atoms. The molecule has 204 valence electrons. The molecule has 0 aliphatic carbocycles. The van der Waals surface area contributed by atoms with Crippen LogP contribution >= 0.6 is 0 Å². The Morgan fingerprint density at radius 1 is 1.00 bits per heavy atom. The number of benzene rings is 3. The standard InChI is InChI=1S/C30H34F3NO4/c1-5-21-18-26(13-8-22(21)9-15-29(35)36)37-17-16-20(2)38-28-14-10-24(30(31,32)33)19-27(28)23-6-11-25(12-7-23)34(3)4/h6-8,10-14,18-20H,5,9,15-17H2,1-4H3,(H,35,36)/t20-/m1/s1. The first kappa shape index (κ1) is 28.9. The van der Waals surface area contributed by atoms with Gasteiger partial charge in [-0.05, 0) is 78.9 Å². The fraction of sp³-hybridized carbons (Fsp3) is 0.367. The second-order valence-corrected chi connectivity index (χ2v) is 9.39. The van der Waals surface area contributed by atoms with Gasteiger partial charge in [-0.3, -0.25) is 4.79 Å². The number of aryl methyl sites for hydroxylation is 2. The molecule has 0 spiro atoms. The third-order valence-corrected chi connectivity index (χ3v) is 6.29. The maximum absolute atomic E-state index is 13.4. The number of ether oxygens (including phenoxy) is 2. The molecular formula is C30H34F3NO4. The van der Waals surface area contributed by atoms with E-state index in [1.807, 2.05) is 63.2 Å². The van der Waals surface area contributed by atoms with Crippen LogP contribution in [0.4, 0.5) is 18.9 Å². The number of carboxylic acids is 1. The van der Waals surface area contributed by atoms with Gasteiger partial charge < -0.3 is 19.5 Å². The summed E-state index contributed by atoms with van der Waals surface area (Å²) < 4.78 is 52.3. The molecule has 3 aromatic rings. The van der Waals surface area contributed by atoms with Crippen LogP contribution in [-0.4, -0.2) is 37.9 Å². The van der Waals surface area contributed by atoms with Crippen LogP contribution in [0.1, 0.15) is 43.4 Å². The van der Waals surface area contributed by atoms with E-state index in [0.29, 0.717) is 42.1 Å². The maximum atomic E-state index is 13.4. The Labute approximate surface area is 221 Å². The lowest BCUT2D eigenvalue weighted by atomic mass is 10.0. The van der Waals surface area contributed by atoms with Crippen molar-refractivity contribution in [3.05, 3.63) is 77.4 Å². The number of halogens is 3. The fourth-order valence-corrected chi connectivity index (χ4v) is 4.10. The van der Waals surface area contributed by atoms with Crippen LogP contribution in [0.3, 0.4) is 0 Å². The predicted octanol–water partition coefficient (Wildman–Crippen LogP) is 7.25. The van der Waals surface area contributed by atoms with Crippen molar-refractivity contribution in [2.45, 2.75) is 51.8 Å². The topological polar surface area (TPSA) is 59.0 Å². The van der Waals surface area contributed by atoms with E-state index in [9.17, 15) is 18.0 Å². The van der Waals surface area contributed by atoms with Crippen LogP contribution in [0.2, 0.25) is 0 Å². The van der Waals surface area contributed by atoms with E-state index in [1.54, 1.807) is 12.1 Å². The first-order valence-corrected chi connectivity index (χ1v) is 12.6. The highest BCUT2D eigenvalue weighted by atomic mass is 19.4. The van der Waals surface area contributed by atoms with Gasteiger partial charge in [0.2, 0.25) is 0 Å². The van der Waals surface area contributed by atoms with Crippen molar-refractivity contribution >= 4 is 11.7 Å². The Morgan fingerprint density at radius 2 is 1.71 bits per heavy atom. The van der Waals surface area contributed by atoms with Crippen molar-refractivity contribution in [3.8, 4) is 22.6 Å². The molecule has 0 aromatic heterocycles. The van der Waals surface area contributed by atoms with Crippen LogP contribution in [0, 0.1) is 0 Å². The van der Waals surface area contributed by atoms with Gasteiger partial charge in [-0.2, -0.15) is 13.2 Å². The maximum Gasteiger partial charge on any atom is 0.416 e. The van der Waals surface area contributed by atoms with E-state index < -0.39 is 17.7 Å². The summed E-state index contributed by atoms with van der Waals surface area (Å²) in [6.07, 6.45) is -2.95. The summed E-state index contributed by atoms with van der Waals surface area (Å²) in [5.41, 5.74) is 3.26. The van der Waals surface area contributed by atoms with Gasteiger partial charge in [-0.1, -0.05) is 25.1 Å². The first-order chi connectivity index (χ1) is 18.0. The third-order valence-electron chi connectivity index (χ3n) is 6.29. The summed E-state index contributed by atoms with van der Waals surface area (Å²) in [4.78, 5) is 12.8. The molecule has 3 rings (SSSR count). The summed E-state index contributed by atoms with van der Waals surface area (Å²) in [6, 6.07) is 16.5. The molecular weight excluding hydrogens is 495 g/mol. The van der Waals surface area contributed by atoms with Crippen LogP contribution in [-0.2, 0) is 23.8 Å². The minimum atomic E-state index is -4.46. The van der Waals surface area contributed by atoms with E-state index >= 15 is 0 Å². The van der Waals surface area contributed by atoms with Gasteiger partial charge in [0.25, 0.3) is 0 Å². The lowest BCUT2D eigenvalue weighted by Gasteiger charge is -2.20. The van der Waals surface area contributed by atoms with E-state index in [-0.39, 0.29) is 12.5 Å². The second-order valence-electron chi connectivity index (χ2n) is 9.39. The number of alkyl halides is 3. The van der Waals surface area contributed by atoms with Crippen molar-refractivity contribution < 1.29 is 32.5 Å². The highest BCUT2D eigenvalue weighted by Gasteiger charge is 2.31. The zero-order chi connectivity index (χ0) is 27.9. The van der Waals surface area contributed by atoms with Gasteiger partial charge in [0.05, 0.1) is 18.3 Å². The number of nitrogens with zero attached hydrogens (tertiary/aromatic N) is 1. The van der Waals surface area contributed by atoms with Gasteiger partial charge in [-0.25, -0.2) is 0 Å². The fourth-order valence-electron chi connectivity index (χ4n) is 4.10. The zero-order valence-corrected chi connectivity index (χ0v) is 22.1. The van der Waals surface area contributed by atoms with Crippen molar-refractivity contribution in [1.29, 1.82) is 0 Å². The van der Waals surface area contributed by atoms with Gasteiger partial charge in [0.15, 0.2) is 0 Å². The average molecular weight is 530 g/mol. The van der Waals surface area contributed by atoms with Gasteiger partial charge in [-0.15, -0.1) is 0 Å². The number of aliphatic carboxylic acids is 1. The molecule has 5 nitrogen and oxygen atoms in total.